The predicted octanol–water partition coefficient (Wildman–Crippen LogP) is 1.74. The number of carbonyl (C=O) groups is 3. The van der Waals surface area contributed by atoms with Gasteiger partial charge in [0.1, 0.15) is 19.2 Å². The number of nitrogens with one attached hydrogen (secondary N) is 1. The van der Waals surface area contributed by atoms with Gasteiger partial charge < -0.3 is 9.64 Å². The van der Waals surface area contributed by atoms with Crippen LogP contribution in [0.3, 0.4) is 0 Å². The molecule has 1 heterocycles. The lowest BCUT2D eigenvalue weighted by atomic mass is 9.85. The maximum absolute atomic E-state index is 12.1. The van der Waals surface area contributed by atoms with E-state index >= 15 is 0 Å². The molecule has 0 aliphatic carbocycles. The smallest absolute Gasteiger partial charge is 0.326 e. The van der Waals surface area contributed by atoms with Gasteiger partial charge in [-0.25, -0.2) is 4.79 Å². The van der Waals surface area contributed by atoms with Crippen molar-refractivity contribution in [2.75, 3.05) is 13.1 Å². The second kappa shape index (κ2) is 6.81. The van der Waals surface area contributed by atoms with Crippen LogP contribution in [0.1, 0.15) is 26.3 Å². The lowest BCUT2D eigenvalue weighted by molar-refractivity contribution is -0.155. The van der Waals surface area contributed by atoms with Gasteiger partial charge in [-0.3, -0.25) is 14.9 Å². The highest BCUT2D eigenvalue weighted by Crippen LogP contribution is 2.26. The van der Waals surface area contributed by atoms with Gasteiger partial charge in [-0.1, -0.05) is 51.1 Å². The lowest BCUT2D eigenvalue weighted by Crippen LogP contribution is -2.39. The van der Waals surface area contributed by atoms with E-state index in [1.165, 1.54) is 0 Å². The van der Waals surface area contributed by atoms with Gasteiger partial charge in [0.15, 0.2) is 0 Å². The highest BCUT2D eigenvalue weighted by molar-refractivity contribution is 6.03. The number of imide groups is 1. The molecule has 1 aromatic rings. The topological polar surface area (TPSA) is 75.7 Å². The zero-order chi connectivity index (χ0) is 17.0. The largest absolute Gasteiger partial charge is 0.460 e. The van der Waals surface area contributed by atoms with E-state index < -0.39 is 17.9 Å². The molecule has 0 saturated carbocycles. The first-order valence-corrected chi connectivity index (χ1v) is 7.58. The molecule has 1 fully saturated rings. The number of ether oxygens (including phenoxy) is 1. The minimum Gasteiger partial charge on any atom is -0.460 e. The molecule has 23 heavy (non-hydrogen) atoms. The van der Waals surface area contributed by atoms with Crippen molar-refractivity contribution in [1.82, 2.24) is 10.2 Å². The molecule has 1 aliphatic heterocycles. The average molecular weight is 318 g/mol. The number of benzene rings is 1. The first-order chi connectivity index (χ1) is 10.8. The standard InChI is InChI=1S/C17H22N2O4/c1-17(2,3)13(9-12-7-5-4-6-8-12)23-15(21)11-19-10-14(20)18-16(19)22/h4-8,13H,9-11H2,1-3H3,(H,18,20,22)/t13-/m1/s1. The van der Waals surface area contributed by atoms with Gasteiger partial charge in [-0.05, 0) is 11.0 Å². The van der Waals surface area contributed by atoms with Gasteiger partial charge in [-0.15, -0.1) is 0 Å². The van der Waals surface area contributed by atoms with E-state index in [0.717, 1.165) is 10.5 Å². The molecule has 1 aliphatic rings. The summed E-state index contributed by atoms with van der Waals surface area (Å²) in [5.74, 6) is -0.912. The van der Waals surface area contributed by atoms with Crippen LogP contribution in [0.4, 0.5) is 4.79 Å². The predicted molar refractivity (Wildman–Crippen MR) is 84.6 cm³/mol. The molecule has 1 N–H and O–H groups in total. The first kappa shape index (κ1) is 17.0. The lowest BCUT2D eigenvalue weighted by Gasteiger charge is -2.31. The quantitative estimate of drug-likeness (QED) is 0.663. The summed E-state index contributed by atoms with van der Waals surface area (Å²) in [6.45, 7) is 5.67. The van der Waals surface area contributed by atoms with Crippen molar-refractivity contribution in [1.29, 1.82) is 0 Å². The maximum Gasteiger partial charge on any atom is 0.326 e. The first-order valence-electron chi connectivity index (χ1n) is 7.58. The van der Waals surface area contributed by atoms with E-state index in [2.05, 4.69) is 5.32 Å². The maximum atomic E-state index is 12.1. The molecule has 0 radical (unpaired) electrons. The molecular formula is C17H22N2O4. The van der Waals surface area contributed by atoms with Crippen LogP contribution in [-0.4, -0.2) is 42.0 Å². The Balaban J connectivity index is 1.99. The molecule has 0 aromatic heterocycles. The van der Waals surface area contributed by atoms with Crippen molar-refractivity contribution < 1.29 is 19.1 Å². The minimum absolute atomic E-state index is 0.104. The van der Waals surface area contributed by atoms with Gasteiger partial charge in [0.25, 0.3) is 0 Å². The average Bonchev–Trinajstić information content (AvgIpc) is 2.76. The Labute approximate surface area is 135 Å². The third-order valence-corrected chi connectivity index (χ3v) is 3.69. The molecule has 0 spiro atoms. The number of esters is 1. The van der Waals surface area contributed by atoms with Gasteiger partial charge in [-0.2, -0.15) is 0 Å². The van der Waals surface area contributed by atoms with Crippen LogP contribution >= 0.6 is 0 Å². The molecule has 3 amide bonds. The second-order valence-electron chi connectivity index (χ2n) is 6.74. The van der Waals surface area contributed by atoms with Gasteiger partial charge in [0.05, 0.1) is 0 Å². The number of hydrogen-bond acceptors (Lipinski definition) is 4. The summed E-state index contributed by atoms with van der Waals surface area (Å²) < 4.78 is 5.59. The Bertz CT molecular complexity index is 592. The Hall–Kier alpha value is -2.37. The summed E-state index contributed by atoms with van der Waals surface area (Å²) >= 11 is 0. The number of carbonyl (C=O) groups excluding carboxylic acids is 3. The Morgan fingerprint density at radius 1 is 1.26 bits per heavy atom. The fourth-order valence-corrected chi connectivity index (χ4v) is 2.32. The van der Waals surface area contributed by atoms with Crippen LogP contribution in [0.2, 0.25) is 0 Å². The zero-order valence-electron chi connectivity index (χ0n) is 13.7. The van der Waals surface area contributed by atoms with Gasteiger partial charge >= 0.3 is 12.0 Å². The van der Waals surface area contributed by atoms with E-state index in [9.17, 15) is 14.4 Å². The van der Waals surface area contributed by atoms with E-state index in [0.29, 0.717) is 6.42 Å². The van der Waals surface area contributed by atoms with E-state index in [-0.39, 0.29) is 24.6 Å². The van der Waals surface area contributed by atoms with Crippen molar-refractivity contribution >= 4 is 17.9 Å². The highest BCUT2D eigenvalue weighted by Gasteiger charge is 2.32. The molecule has 2 rings (SSSR count). The summed E-state index contributed by atoms with van der Waals surface area (Å²) in [7, 11) is 0. The van der Waals surface area contributed by atoms with Crippen LogP contribution < -0.4 is 5.32 Å². The fraction of sp³-hybridized carbons (Fsp3) is 0.471. The van der Waals surface area contributed by atoms with Crippen LogP contribution in [0, 0.1) is 5.41 Å². The van der Waals surface area contributed by atoms with Crippen molar-refractivity contribution in [3.8, 4) is 0 Å². The van der Waals surface area contributed by atoms with Crippen molar-refractivity contribution in [2.24, 2.45) is 5.41 Å². The molecular weight excluding hydrogens is 296 g/mol. The Kier molecular flexibility index (Phi) is 5.03. The zero-order valence-corrected chi connectivity index (χ0v) is 13.7. The summed E-state index contributed by atoms with van der Waals surface area (Å²) in [6, 6.07) is 9.24. The van der Waals surface area contributed by atoms with Crippen molar-refractivity contribution in [3.63, 3.8) is 0 Å². The van der Waals surface area contributed by atoms with Crippen LogP contribution in [0.15, 0.2) is 30.3 Å². The fourth-order valence-electron chi connectivity index (χ4n) is 2.32. The summed E-state index contributed by atoms with van der Waals surface area (Å²) in [6.07, 6.45) is 0.278. The van der Waals surface area contributed by atoms with Crippen LogP contribution in [-0.2, 0) is 20.7 Å². The minimum atomic E-state index is -0.553. The van der Waals surface area contributed by atoms with Crippen molar-refractivity contribution in [3.05, 3.63) is 35.9 Å². The molecule has 0 bridgehead atoms. The Morgan fingerprint density at radius 2 is 1.91 bits per heavy atom. The van der Waals surface area contributed by atoms with Gasteiger partial charge in [0.2, 0.25) is 5.91 Å². The van der Waals surface area contributed by atoms with E-state index in [4.69, 9.17) is 4.74 Å². The summed E-state index contributed by atoms with van der Waals surface area (Å²) in [4.78, 5) is 35.9. The molecule has 1 aromatic carbocycles. The molecule has 1 atom stereocenters. The van der Waals surface area contributed by atoms with Crippen LogP contribution in [0.25, 0.3) is 0 Å². The number of rotatable bonds is 5. The summed E-state index contributed by atoms with van der Waals surface area (Å²) in [5, 5.41) is 2.14. The third-order valence-electron chi connectivity index (χ3n) is 3.69. The number of urea groups is 1. The summed E-state index contributed by atoms with van der Waals surface area (Å²) in [5.41, 5.74) is 0.837. The Morgan fingerprint density at radius 3 is 2.43 bits per heavy atom. The third kappa shape index (κ3) is 4.81. The molecule has 6 nitrogen and oxygen atoms in total. The van der Waals surface area contributed by atoms with E-state index in [1.807, 2.05) is 51.1 Å². The highest BCUT2D eigenvalue weighted by atomic mass is 16.5. The number of amides is 3. The molecule has 6 heteroatoms. The SMILES string of the molecule is CC(C)(C)[C@@H](Cc1ccccc1)OC(=O)CN1CC(=O)NC1=O. The van der Waals surface area contributed by atoms with Crippen molar-refractivity contribution in [2.45, 2.75) is 33.3 Å². The second-order valence-corrected chi connectivity index (χ2v) is 6.74. The monoisotopic (exact) mass is 318 g/mol. The molecule has 1 saturated heterocycles. The normalized spacial score (nSPS) is 16.2. The number of nitrogens with zero attached hydrogens (tertiary/aromatic N) is 1. The van der Waals surface area contributed by atoms with Gasteiger partial charge in [0, 0.05) is 6.42 Å². The molecule has 124 valence electrons. The molecule has 0 unspecified atom stereocenters. The number of hydrogen-bond donors (Lipinski definition) is 1. The van der Waals surface area contributed by atoms with Crippen LogP contribution in [0.5, 0.6) is 0 Å². The van der Waals surface area contributed by atoms with E-state index in [1.54, 1.807) is 0 Å².